The Balaban J connectivity index is 1.49. The predicted octanol–water partition coefficient (Wildman–Crippen LogP) is 1.16. The molecule has 1 saturated carbocycles. The summed E-state index contributed by atoms with van der Waals surface area (Å²) in [6.45, 7) is 3.39. The average Bonchev–Trinajstić information content (AvgIpc) is 3.00. The van der Waals surface area contributed by atoms with E-state index in [-0.39, 0.29) is 24.0 Å². The van der Waals surface area contributed by atoms with Gasteiger partial charge in [0.15, 0.2) is 0 Å². The van der Waals surface area contributed by atoms with Crippen LogP contribution < -0.4 is 10.7 Å². The summed E-state index contributed by atoms with van der Waals surface area (Å²) < 4.78 is 11.0. The number of carbonyl (C=O) groups is 1. The number of carbonyl (C=O) groups excluding carboxylic acids is 1. The fourth-order valence-electron chi connectivity index (χ4n) is 3.44. The van der Waals surface area contributed by atoms with Crippen LogP contribution in [0.3, 0.4) is 0 Å². The van der Waals surface area contributed by atoms with Gasteiger partial charge in [0.05, 0.1) is 17.9 Å². The summed E-state index contributed by atoms with van der Waals surface area (Å²) in [6.07, 6.45) is 6.31. The van der Waals surface area contributed by atoms with E-state index in [0.29, 0.717) is 12.8 Å². The van der Waals surface area contributed by atoms with E-state index in [4.69, 9.17) is 9.47 Å². The summed E-state index contributed by atoms with van der Waals surface area (Å²) in [4.78, 5) is 12.2. The molecule has 0 aromatic rings. The Labute approximate surface area is 125 Å². The van der Waals surface area contributed by atoms with Gasteiger partial charge in [-0.15, -0.1) is 0 Å². The van der Waals surface area contributed by atoms with Crippen LogP contribution in [0.5, 0.6) is 0 Å². The quantitative estimate of drug-likeness (QED) is 0.605. The summed E-state index contributed by atoms with van der Waals surface area (Å²) in [6, 6.07) is 0.307. The lowest BCUT2D eigenvalue weighted by molar-refractivity contribution is -0.127. The molecule has 4 atom stereocenters. The number of ether oxygens (including phenoxy) is 2. The van der Waals surface area contributed by atoms with Crippen LogP contribution in [-0.4, -0.2) is 43.2 Å². The molecule has 0 radical (unpaired) electrons. The molecule has 6 nitrogen and oxygen atoms in total. The van der Waals surface area contributed by atoms with Crippen molar-refractivity contribution in [2.75, 3.05) is 13.3 Å². The highest BCUT2D eigenvalue weighted by atomic mass is 16.7. The fourth-order valence-corrected chi connectivity index (χ4v) is 3.44. The third-order valence-electron chi connectivity index (χ3n) is 4.82. The molecule has 3 aliphatic rings. The zero-order valence-corrected chi connectivity index (χ0v) is 12.6. The fraction of sp³-hybridized carbons (Fsp3) is 0.867. The first-order chi connectivity index (χ1) is 10.2. The second kappa shape index (κ2) is 6.85. The molecule has 118 valence electrons. The molecular weight excluding hydrogens is 270 g/mol. The third-order valence-corrected chi connectivity index (χ3v) is 4.82. The molecule has 2 saturated heterocycles. The van der Waals surface area contributed by atoms with Crippen molar-refractivity contribution in [1.82, 2.24) is 10.7 Å². The number of nitrogens with zero attached hydrogens (tertiary/aromatic N) is 1. The number of hydrazone groups is 1. The normalized spacial score (nSPS) is 37.1. The first-order valence-corrected chi connectivity index (χ1v) is 8.04. The highest BCUT2D eigenvalue weighted by Gasteiger charge is 2.38. The summed E-state index contributed by atoms with van der Waals surface area (Å²) in [7, 11) is 0. The first kappa shape index (κ1) is 14.9. The molecule has 3 rings (SSSR count). The Kier molecular flexibility index (Phi) is 4.87. The molecular formula is C15H25N3O3. The maximum atomic E-state index is 12.2. The van der Waals surface area contributed by atoms with Crippen LogP contribution in [0.1, 0.15) is 45.4 Å². The monoisotopic (exact) mass is 295 g/mol. The van der Waals surface area contributed by atoms with Crippen LogP contribution in [0, 0.1) is 5.92 Å². The number of amides is 1. The van der Waals surface area contributed by atoms with Crippen molar-refractivity contribution in [3.8, 4) is 0 Å². The van der Waals surface area contributed by atoms with E-state index in [0.717, 1.165) is 37.9 Å². The Morgan fingerprint density at radius 1 is 1.19 bits per heavy atom. The highest BCUT2D eigenvalue weighted by molar-refractivity contribution is 5.89. The number of fused-ring (bicyclic) bond motifs is 1. The van der Waals surface area contributed by atoms with Crippen molar-refractivity contribution < 1.29 is 14.3 Å². The lowest BCUT2D eigenvalue weighted by atomic mass is 9.85. The molecule has 1 amide bonds. The van der Waals surface area contributed by atoms with Gasteiger partial charge in [0.25, 0.3) is 0 Å². The first-order valence-electron chi connectivity index (χ1n) is 8.04. The molecule has 2 aliphatic heterocycles. The van der Waals surface area contributed by atoms with Crippen molar-refractivity contribution in [3.63, 3.8) is 0 Å². The molecule has 1 aliphatic carbocycles. The lowest BCUT2D eigenvalue weighted by Gasteiger charge is -2.28. The van der Waals surface area contributed by atoms with Crippen molar-refractivity contribution >= 4 is 11.6 Å². The number of nitrogens with one attached hydrogen (secondary N) is 2. The van der Waals surface area contributed by atoms with Gasteiger partial charge in [-0.25, -0.2) is 5.43 Å². The second-order valence-electron chi connectivity index (χ2n) is 6.27. The molecule has 21 heavy (non-hydrogen) atoms. The van der Waals surface area contributed by atoms with Crippen molar-refractivity contribution in [2.24, 2.45) is 11.0 Å². The maximum absolute atomic E-state index is 12.2. The Morgan fingerprint density at radius 2 is 2.05 bits per heavy atom. The van der Waals surface area contributed by atoms with Gasteiger partial charge in [-0.1, -0.05) is 6.42 Å². The van der Waals surface area contributed by atoms with Gasteiger partial charge in [0.1, 0.15) is 6.79 Å². The average molecular weight is 295 g/mol. The zero-order chi connectivity index (χ0) is 14.7. The minimum Gasteiger partial charge on any atom is -0.349 e. The molecule has 0 aromatic heterocycles. The molecule has 2 heterocycles. The number of piperidine rings is 1. The number of rotatable bonds is 3. The van der Waals surface area contributed by atoms with Crippen LogP contribution in [-0.2, 0) is 14.3 Å². The van der Waals surface area contributed by atoms with Gasteiger partial charge in [0, 0.05) is 12.0 Å². The van der Waals surface area contributed by atoms with E-state index in [1.807, 2.05) is 6.92 Å². The number of hydrogen-bond donors (Lipinski definition) is 2. The van der Waals surface area contributed by atoms with Crippen molar-refractivity contribution in [3.05, 3.63) is 0 Å². The van der Waals surface area contributed by atoms with E-state index >= 15 is 0 Å². The molecule has 0 aromatic carbocycles. The molecule has 0 spiro atoms. The van der Waals surface area contributed by atoms with Gasteiger partial charge >= 0.3 is 0 Å². The summed E-state index contributed by atoms with van der Waals surface area (Å²) in [5.41, 5.74) is 3.71. The molecule has 6 heteroatoms. The molecule has 0 bridgehead atoms. The maximum Gasteiger partial charge on any atom is 0.243 e. The van der Waals surface area contributed by atoms with Crippen molar-refractivity contribution in [2.45, 2.75) is 63.7 Å². The Bertz CT molecular complexity index is 407. The second-order valence-corrected chi connectivity index (χ2v) is 6.27. The smallest absolute Gasteiger partial charge is 0.243 e. The van der Waals surface area contributed by atoms with E-state index in [9.17, 15) is 4.79 Å². The van der Waals surface area contributed by atoms with E-state index in [1.54, 1.807) is 0 Å². The van der Waals surface area contributed by atoms with Gasteiger partial charge in [-0.05, 0) is 45.6 Å². The minimum absolute atomic E-state index is 0.0104. The van der Waals surface area contributed by atoms with Crippen LogP contribution in [0.25, 0.3) is 0 Å². The van der Waals surface area contributed by atoms with Crippen LogP contribution in [0.2, 0.25) is 0 Å². The van der Waals surface area contributed by atoms with Crippen LogP contribution in [0.4, 0.5) is 0 Å². The largest absolute Gasteiger partial charge is 0.349 e. The molecule has 4 unspecified atom stereocenters. The topological polar surface area (TPSA) is 72.0 Å². The van der Waals surface area contributed by atoms with Crippen LogP contribution >= 0.6 is 0 Å². The zero-order valence-electron chi connectivity index (χ0n) is 12.6. The highest BCUT2D eigenvalue weighted by Crippen LogP contribution is 2.32. The molecule has 3 fully saturated rings. The van der Waals surface area contributed by atoms with Gasteiger partial charge in [-0.3, -0.25) is 4.79 Å². The summed E-state index contributed by atoms with van der Waals surface area (Å²) in [5.74, 6) is 0.00271. The lowest BCUT2D eigenvalue weighted by Crippen LogP contribution is -2.41. The van der Waals surface area contributed by atoms with E-state index < -0.39 is 0 Å². The van der Waals surface area contributed by atoms with Crippen LogP contribution in [0.15, 0.2) is 5.10 Å². The van der Waals surface area contributed by atoms with Crippen molar-refractivity contribution in [1.29, 1.82) is 0 Å². The summed E-state index contributed by atoms with van der Waals surface area (Å²) in [5, 5.41) is 7.72. The van der Waals surface area contributed by atoms with Gasteiger partial charge in [-0.2, -0.15) is 5.10 Å². The van der Waals surface area contributed by atoms with Gasteiger partial charge in [0.2, 0.25) is 5.91 Å². The summed E-state index contributed by atoms with van der Waals surface area (Å²) >= 11 is 0. The molecule has 2 N–H and O–H groups in total. The standard InChI is InChI=1S/C15H25N3O3/c1-10(12-4-2-3-7-16-12)17-18-15(19)11-5-6-13-14(8-11)21-9-20-13/h11-14,16H,2-9H2,1H3,(H,18,19)/b17-10+. The van der Waals surface area contributed by atoms with Gasteiger partial charge < -0.3 is 14.8 Å². The van der Waals surface area contributed by atoms with E-state index in [1.165, 1.54) is 12.8 Å². The predicted molar refractivity (Wildman–Crippen MR) is 78.8 cm³/mol. The third kappa shape index (κ3) is 3.62. The minimum atomic E-state index is -0.0104. The Morgan fingerprint density at radius 3 is 2.86 bits per heavy atom. The number of hydrogen-bond acceptors (Lipinski definition) is 5. The Hall–Kier alpha value is -0.980. The van der Waals surface area contributed by atoms with E-state index in [2.05, 4.69) is 15.8 Å². The SMILES string of the molecule is C/C(=N\NC(=O)C1CCC2OCOC2C1)C1CCCCN1.